The van der Waals surface area contributed by atoms with E-state index in [1.807, 2.05) is 20.8 Å². The third kappa shape index (κ3) is 2.11. The standard InChI is InChI=1S/C13H14FN3/c1-7-4-5-10(14)6-11(7)12-13(15)17-9(3)8(2)16-12/h4-6H,1-3H3,(H2,15,17). The number of nitrogens with two attached hydrogens (primary N) is 1. The molecule has 0 fully saturated rings. The average molecular weight is 231 g/mol. The average Bonchev–Trinajstić information content (AvgIpc) is 2.27. The maximum atomic E-state index is 13.3. The summed E-state index contributed by atoms with van der Waals surface area (Å²) in [6.45, 7) is 5.60. The highest BCUT2D eigenvalue weighted by molar-refractivity contribution is 5.72. The van der Waals surface area contributed by atoms with Crippen molar-refractivity contribution in [1.29, 1.82) is 0 Å². The minimum Gasteiger partial charge on any atom is -0.382 e. The fourth-order valence-corrected chi connectivity index (χ4v) is 1.67. The lowest BCUT2D eigenvalue weighted by Crippen LogP contribution is -2.03. The number of halogens is 1. The van der Waals surface area contributed by atoms with Gasteiger partial charge in [-0.25, -0.2) is 14.4 Å². The second kappa shape index (κ2) is 4.13. The second-order valence-corrected chi connectivity index (χ2v) is 4.09. The second-order valence-electron chi connectivity index (χ2n) is 4.09. The highest BCUT2D eigenvalue weighted by Gasteiger charge is 2.11. The quantitative estimate of drug-likeness (QED) is 0.821. The number of benzene rings is 1. The molecule has 0 radical (unpaired) electrons. The number of rotatable bonds is 1. The van der Waals surface area contributed by atoms with Crippen LogP contribution in [-0.4, -0.2) is 9.97 Å². The summed E-state index contributed by atoms with van der Waals surface area (Å²) < 4.78 is 13.3. The van der Waals surface area contributed by atoms with E-state index in [4.69, 9.17) is 5.73 Å². The van der Waals surface area contributed by atoms with Gasteiger partial charge in [-0.1, -0.05) is 6.07 Å². The van der Waals surface area contributed by atoms with Crippen LogP contribution in [0.25, 0.3) is 11.3 Å². The highest BCUT2D eigenvalue weighted by atomic mass is 19.1. The van der Waals surface area contributed by atoms with E-state index in [-0.39, 0.29) is 5.82 Å². The predicted molar refractivity (Wildman–Crippen MR) is 66.0 cm³/mol. The van der Waals surface area contributed by atoms with Crippen molar-refractivity contribution in [3.8, 4) is 11.3 Å². The largest absolute Gasteiger partial charge is 0.382 e. The van der Waals surface area contributed by atoms with E-state index >= 15 is 0 Å². The normalized spacial score (nSPS) is 10.6. The summed E-state index contributed by atoms with van der Waals surface area (Å²) in [6.07, 6.45) is 0. The van der Waals surface area contributed by atoms with Crippen LogP contribution in [0, 0.1) is 26.6 Å². The first-order chi connectivity index (χ1) is 7.99. The van der Waals surface area contributed by atoms with Crippen molar-refractivity contribution in [2.24, 2.45) is 0 Å². The van der Waals surface area contributed by atoms with E-state index in [2.05, 4.69) is 9.97 Å². The van der Waals surface area contributed by atoms with E-state index in [9.17, 15) is 4.39 Å². The van der Waals surface area contributed by atoms with Crippen molar-refractivity contribution >= 4 is 5.82 Å². The molecule has 0 spiro atoms. The maximum absolute atomic E-state index is 13.3. The first-order valence-corrected chi connectivity index (χ1v) is 5.36. The van der Waals surface area contributed by atoms with Crippen LogP contribution in [0.4, 0.5) is 10.2 Å². The molecule has 2 rings (SSSR count). The van der Waals surface area contributed by atoms with Gasteiger partial charge >= 0.3 is 0 Å². The van der Waals surface area contributed by atoms with Crippen molar-refractivity contribution in [2.75, 3.05) is 5.73 Å². The molecule has 0 bridgehead atoms. The molecule has 0 saturated carbocycles. The summed E-state index contributed by atoms with van der Waals surface area (Å²) in [5, 5.41) is 0. The zero-order valence-electron chi connectivity index (χ0n) is 10.1. The summed E-state index contributed by atoms with van der Waals surface area (Å²) >= 11 is 0. The van der Waals surface area contributed by atoms with Gasteiger partial charge < -0.3 is 5.73 Å². The minimum absolute atomic E-state index is 0.301. The molecule has 0 atom stereocenters. The molecule has 0 unspecified atom stereocenters. The zero-order valence-corrected chi connectivity index (χ0v) is 10.1. The van der Waals surface area contributed by atoms with Gasteiger partial charge in [0.2, 0.25) is 0 Å². The Morgan fingerprint density at radius 1 is 1.06 bits per heavy atom. The number of hydrogen-bond donors (Lipinski definition) is 1. The molecule has 0 aliphatic rings. The van der Waals surface area contributed by atoms with Crippen molar-refractivity contribution in [3.05, 3.63) is 41.0 Å². The lowest BCUT2D eigenvalue weighted by molar-refractivity contribution is 0.628. The Morgan fingerprint density at radius 2 is 1.71 bits per heavy atom. The molecule has 0 aliphatic heterocycles. The molecule has 0 aliphatic carbocycles. The van der Waals surface area contributed by atoms with E-state index < -0.39 is 0 Å². The number of hydrogen-bond acceptors (Lipinski definition) is 3. The molecule has 0 amide bonds. The molecule has 1 aromatic heterocycles. The smallest absolute Gasteiger partial charge is 0.150 e. The van der Waals surface area contributed by atoms with Crippen molar-refractivity contribution < 1.29 is 4.39 Å². The zero-order chi connectivity index (χ0) is 12.6. The Hall–Kier alpha value is -1.97. The molecule has 2 N–H and O–H groups in total. The van der Waals surface area contributed by atoms with Crippen LogP contribution in [0.5, 0.6) is 0 Å². The lowest BCUT2D eigenvalue weighted by atomic mass is 10.0. The molecule has 0 saturated heterocycles. The van der Waals surface area contributed by atoms with E-state index in [1.54, 1.807) is 6.07 Å². The third-order valence-corrected chi connectivity index (χ3v) is 2.79. The summed E-state index contributed by atoms with van der Waals surface area (Å²) in [6, 6.07) is 4.56. The van der Waals surface area contributed by atoms with Crippen LogP contribution in [0.15, 0.2) is 18.2 Å². The Balaban J connectivity index is 2.68. The van der Waals surface area contributed by atoms with Crippen LogP contribution in [0.1, 0.15) is 17.0 Å². The van der Waals surface area contributed by atoms with E-state index in [0.717, 1.165) is 17.0 Å². The Morgan fingerprint density at radius 3 is 2.41 bits per heavy atom. The molecule has 3 nitrogen and oxygen atoms in total. The van der Waals surface area contributed by atoms with Gasteiger partial charge in [0, 0.05) is 5.56 Å². The molecular formula is C13H14FN3. The molecule has 2 aromatic rings. The van der Waals surface area contributed by atoms with Gasteiger partial charge in [0.1, 0.15) is 17.3 Å². The Kier molecular flexibility index (Phi) is 2.79. The van der Waals surface area contributed by atoms with Crippen LogP contribution < -0.4 is 5.73 Å². The molecule has 17 heavy (non-hydrogen) atoms. The van der Waals surface area contributed by atoms with Gasteiger partial charge in [0.05, 0.1) is 11.4 Å². The van der Waals surface area contributed by atoms with Crippen LogP contribution in [0.3, 0.4) is 0 Å². The van der Waals surface area contributed by atoms with Crippen LogP contribution in [-0.2, 0) is 0 Å². The van der Waals surface area contributed by atoms with Gasteiger partial charge in [0.25, 0.3) is 0 Å². The van der Waals surface area contributed by atoms with Crippen LogP contribution in [0.2, 0.25) is 0 Å². The number of aryl methyl sites for hydroxylation is 3. The number of nitrogen functional groups attached to an aromatic ring is 1. The highest BCUT2D eigenvalue weighted by Crippen LogP contribution is 2.27. The molecule has 1 aromatic carbocycles. The van der Waals surface area contributed by atoms with Gasteiger partial charge in [-0.2, -0.15) is 0 Å². The first kappa shape index (κ1) is 11.5. The van der Waals surface area contributed by atoms with Gasteiger partial charge in [-0.15, -0.1) is 0 Å². The molecule has 1 heterocycles. The fourth-order valence-electron chi connectivity index (χ4n) is 1.67. The monoisotopic (exact) mass is 231 g/mol. The molecule has 88 valence electrons. The van der Waals surface area contributed by atoms with Crippen molar-refractivity contribution in [2.45, 2.75) is 20.8 Å². The van der Waals surface area contributed by atoms with E-state index in [0.29, 0.717) is 17.1 Å². The maximum Gasteiger partial charge on any atom is 0.150 e. The minimum atomic E-state index is -0.301. The fraction of sp³-hybridized carbons (Fsp3) is 0.231. The van der Waals surface area contributed by atoms with Crippen molar-refractivity contribution in [3.63, 3.8) is 0 Å². The third-order valence-electron chi connectivity index (χ3n) is 2.79. The van der Waals surface area contributed by atoms with E-state index in [1.165, 1.54) is 12.1 Å². The number of aromatic nitrogens is 2. The molecular weight excluding hydrogens is 217 g/mol. The molecule has 4 heteroatoms. The Labute approximate surface area is 99.5 Å². The Bertz CT molecular complexity index is 579. The van der Waals surface area contributed by atoms with Crippen molar-refractivity contribution in [1.82, 2.24) is 9.97 Å². The number of nitrogens with zero attached hydrogens (tertiary/aromatic N) is 2. The van der Waals surface area contributed by atoms with Crippen LogP contribution >= 0.6 is 0 Å². The van der Waals surface area contributed by atoms with Gasteiger partial charge in [0.15, 0.2) is 0 Å². The summed E-state index contributed by atoms with van der Waals surface area (Å²) in [4.78, 5) is 8.60. The number of anilines is 1. The lowest BCUT2D eigenvalue weighted by Gasteiger charge is -2.10. The summed E-state index contributed by atoms with van der Waals surface area (Å²) in [5.41, 5.74) is 9.61. The van der Waals surface area contributed by atoms with Gasteiger partial charge in [-0.05, 0) is 38.5 Å². The SMILES string of the molecule is Cc1ccc(F)cc1-c1nc(C)c(C)nc1N. The van der Waals surface area contributed by atoms with Gasteiger partial charge in [-0.3, -0.25) is 0 Å². The first-order valence-electron chi connectivity index (χ1n) is 5.36. The predicted octanol–water partition coefficient (Wildman–Crippen LogP) is 2.79. The topological polar surface area (TPSA) is 51.8 Å². The summed E-state index contributed by atoms with van der Waals surface area (Å²) in [7, 11) is 0. The summed E-state index contributed by atoms with van der Waals surface area (Å²) in [5.74, 6) is 0.0341.